The predicted molar refractivity (Wildman–Crippen MR) is 84.4 cm³/mol. The van der Waals surface area contributed by atoms with Crippen molar-refractivity contribution in [1.82, 2.24) is 25.4 Å². The van der Waals surface area contributed by atoms with Gasteiger partial charge >= 0.3 is 0 Å². The zero-order valence-corrected chi connectivity index (χ0v) is 12.3. The van der Waals surface area contributed by atoms with Crippen LogP contribution in [0.3, 0.4) is 0 Å². The molecule has 0 unspecified atom stereocenters. The summed E-state index contributed by atoms with van der Waals surface area (Å²) in [6.07, 6.45) is 3.29. The average Bonchev–Trinajstić information content (AvgIpc) is 2.95. The van der Waals surface area contributed by atoms with Gasteiger partial charge in [0.25, 0.3) is 0 Å². The number of halogens is 1. The number of nitrogens with one attached hydrogen (secondary N) is 2. The van der Waals surface area contributed by atoms with Crippen molar-refractivity contribution in [2.45, 2.75) is 0 Å². The van der Waals surface area contributed by atoms with Gasteiger partial charge in [0.05, 0.1) is 11.2 Å². The summed E-state index contributed by atoms with van der Waals surface area (Å²) >= 11 is 3.47. The minimum Gasteiger partial charge on any atom is -0.352 e. The van der Waals surface area contributed by atoms with E-state index in [9.17, 15) is 0 Å². The van der Waals surface area contributed by atoms with Crippen LogP contribution in [-0.4, -0.2) is 25.4 Å². The monoisotopic (exact) mass is 340 g/mol. The Morgan fingerprint density at radius 1 is 1.10 bits per heavy atom. The lowest BCUT2D eigenvalue weighted by atomic mass is 10.1. The smallest absolute Gasteiger partial charge is 0.138 e. The van der Waals surface area contributed by atoms with Gasteiger partial charge in [-0.1, -0.05) is 22.0 Å². The van der Waals surface area contributed by atoms with E-state index in [1.165, 1.54) is 6.33 Å². The Kier molecular flexibility index (Phi) is 2.78. The van der Waals surface area contributed by atoms with E-state index in [0.29, 0.717) is 0 Å². The topological polar surface area (TPSA) is 79.4 Å². The second-order valence-electron chi connectivity index (χ2n) is 4.54. The summed E-state index contributed by atoms with van der Waals surface area (Å²) in [5.41, 5.74) is 4.10. The third kappa shape index (κ3) is 2.11. The highest BCUT2D eigenvalue weighted by molar-refractivity contribution is 9.10. The summed E-state index contributed by atoms with van der Waals surface area (Å²) < 4.78 is 0.999. The van der Waals surface area contributed by atoms with Gasteiger partial charge in [-0.25, -0.2) is 9.97 Å². The Labute approximate surface area is 127 Å². The molecular weight excluding hydrogens is 332 g/mol. The first kappa shape index (κ1) is 12.2. The molecule has 2 N–H and O–H groups in total. The average molecular weight is 341 g/mol. The third-order valence-electron chi connectivity index (χ3n) is 3.18. The van der Waals surface area contributed by atoms with Crippen LogP contribution in [0.15, 0.2) is 47.3 Å². The Morgan fingerprint density at radius 3 is 2.95 bits per heavy atom. The molecule has 7 heteroatoms. The molecule has 0 amide bonds. The van der Waals surface area contributed by atoms with Crippen molar-refractivity contribution < 1.29 is 0 Å². The first-order valence-electron chi connectivity index (χ1n) is 6.27. The molecule has 0 saturated heterocycles. The van der Waals surface area contributed by atoms with Crippen LogP contribution in [0.25, 0.3) is 21.9 Å². The fourth-order valence-corrected chi connectivity index (χ4v) is 2.67. The predicted octanol–water partition coefficient (Wildman–Crippen LogP) is 3.41. The molecule has 0 aliphatic heterocycles. The second-order valence-corrected chi connectivity index (χ2v) is 5.45. The van der Waals surface area contributed by atoms with E-state index in [4.69, 9.17) is 0 Å². The maximum Gasteiger partial charge on any atom is 0.138 e. The van der Waals surface area contributed by atoms with Crippen LogP contribution in [0.2, 0.25) is 0 Å². The van der Waals surface area contributed by atoms with Crippen LogP contribution < -0.4 is 5.32 Å². The van der Waals surface area contributed by atoms with E-state index in [2.05, 4.69) is 46.6 Å². The van der Waals surface area contributed by atoms with Gasteiger partial charge < -0.3 is 5.32 Å². The van der Waals surface area contributed by atoms with Gasteiger partial charge in [-0.2, -0.15) is 15.4 Å². The first-order valence-corrected chi connectivity index (χ1v) is 7.06. The van der Waals surface area contributed by atoms with E-state index >= 15 is 0 Å². The van der Waals surface area contributed by atoms with Crippen molar-refractivity contribution in [3.8, 4) is 0 Å². The Morgan fingerprint density at radius 2 is 2.05 bits per heavy atom. The minimum absolute atomic E-state index is 0.751. The highest BCUT2D eigenvalue weighted by Gasteiger charge is 2.12. The minimum atomic E-state index is 0.751. The fraction of sp³-hybridized carbons (Fsp3) is 0. The molecule has 6 nitrogen and oxygen atoms in total. The van der Waals surface area contributed by atoms with E-state index < -0.39 is 0 Å². The molecule has 0 fully saturated rings. The number of nitrogens with zero attached hydrogens (tertiary/aromatic N) is 4. The van der Waals surface area contributed by atoms with E-state index in [1.54, 1.807) is 6.20 Å². The summed E-state index contributed by atoms with van der Waals surface area (Å²) in [6.45, 7) is 0. The van der Waals surface area contributed by atoms with Crippen molar-refractivity contribution >= 4 is 49.2 Å². The summed E-state index contributed by atoms with van der Waals surface area (Å²) in [5, 5.41) is 15.3. The molecule has 2 aromatic heterocycles. The van der Waals surface area contributed by atoms with Crippen LogP contribution >= 0.6 is 15.9 Å². The highest BCUT2D eigenvalue weighted by atomic mass is 79.9. The molecule has 2 aromatic carbocycles. The largest absolute Gasteiger partial charge is 0.352 e. The molecule has 2 heterocycles. The van der Waals surface area contributed by atoms with E-state index in [-0.39, 0.29) is 0 Å². The Hall–Kier alpha value is -2.54. The number of aromatic amines is 1. The normalized spacial score (nSPS) is 11.1. The van der Waals surface area contributed by atoms with Crippen molar-refractivity contribution in [2.75, 3.05) is 5.32 Å². The molecule has 0 bridgehead atoms. The van der Waals surface area contributed by atoms with Gasteiger partial charge in [0.2, 0.25) is 0 Å². The number of benzene rings is 2. The quantitative estimate of drug-likeness (QED) is 0.584. The summed E-state index contributed by atoms with van der Waals surface area (Å²) in [5.74, 6) is 0. The van der Waals surface area contributed by atoms with Crippen molar-refractivity contribution in [3.05, 3.63) is 47.3 Å². The van der Waals surface area contributed by atoms with Gasteiger partial charge in [0, 0.05) is 21.7 Å². The zero-order chi connectivity index (χ0) is 14.2. The fourth-order valence-electron chi connectivity index (χ4n) is 2.27. The molecule has 0 radical (unpaired) electrons. The molecule has 0 spiro atoms. The van der Waals surface area contributed by atoms with Crippen molar-refractivity contribution in [2.24, 2.45) is 0 Å². The van der Waals surface area contributed by atoms with Crippen LogP contribution in [0.1, 0.15) is 0 Å². The van der Waals surface area contributed by atoms with Crippen LogP contribution in [0.5, 0.6) is 0 Å². The highest BCUT2D eigenvalue weighted by Crippen LogP contribution is 2.31. The number of aromatic nitrogens is 5. The lowest BCUT2D eigenvalue weighted by Gasteiger charge is -2.09. The zero-order valence-electron chi connectivity index (χ0n) is 10.7. The number of fused-ring (bicyclic) bond motifs is 2. The number of hydrogen-bond acceptors (Lipinski definition) is 5. The second kappa shape index (κ2) is 4.78. The number of H-pyrrole nitrogens is 1. The molecule has 102 valence electrons. The van der Waals surface area contributed by atoms with Gasteiger partial charge in [0.1, 0.15) is 17.4 Å². The number of anilines is 2. The Bertz CT molecular complexity index is 948. The SMILES string of the molecule is Brc1cccc(Nc2c3ncncc3cc3n[nH]nc23)c1. The summed E-state index contributed by atoms with van der Waals surface area (Å²) in [7, 11) is 0. The first-order chi connectivity index (χ1) is 10.3. The standard InChI is InChI=1S/C14H9BrN6/c15-9-2-1-3-10(5-9)18-14-12-8(6-16-7-17-12)4-11-13(14)20-21-19-11/h1-7,18H,(H,19,20,21). The molecule has 21 heavy (non-hydrogen) atoms. The lowest BCUT2D eigenvalue weighted by molar-refractivity contribution is 0.960. The Balaban J connectivity index is 1.97. The maximum absolute atomic E-state index is 4.36. The van der Waals surface area contributed by atoms with Crippen molar-refractivity contribution in [1.29, 1.82) is 0 Å². The summed E-state index contributed by atoms with van der Waals surface area (Å²) in [6, 6.07) is 9.83. The number of rotatable bonds is 2. The van der Waals surface area contributed by atoms with Crippen molar-refractivity contribution in [3.63, 3.8) is 0 Å². The molecule has 0 aliphatic carbocycles. The van der Waals surface area contributed by atoms with E-state index in [1.807, 2.05) is 30.3 Å². The van der Waals surface area contributed by atoms with Gasteiger partial charge in [-0.3, -0.25) is 0 Å². The number of hydrogen-bond donors (Lipinski definition) is 2. The molecule has 0 saturated carbocycles. The summed E-state index contributed by atoms with van der Waals surface area (Å²) in [4.78, 5) is 8.42. The van der Waals surface area contributed by atoms with Gasteiger partial charge in [-0.15, -0.1) is 0 Å². The van der Waals surface area contributed by atoms with Gasteiger partial charge in [0.15, 0.2) is 0 Å². The lowest BCUT2D eigenvalue weighted by Crippen LogP contribution is -1.95. The third-order valence-corrected chi connectivity index (χ3v) is 3.67. The van der Waals surface area contributed by atoms with Crippen LogP contribution in [0, 0.1) is 0 Å². The molecule has 0 aliphatic rings. The molecule has 4 aromatic rings. The molecular formula is C14H9BrN6. The van der Waals surface area contributed by atoms with E-state index in [0.717, 1.165) is 37.8 Å². The molecule has 0 atom stereocenters. The molecule has 4 rings (SSSR count). The van der Waals surface area contributed by atoms with Crippen LogP contribution in [-0.2, 0) is 0 Å². The van der Waals surface area contributed by atoms with Crippen LogP contribution in [0.4, 0.5) is 11.4 Å². The van der Waals surface area contributed by atoms with Gasteiger partial charge in [-0.05, 0) is 24.3 Å². The maximum atomic E-state index is 4.36.